The van der Waals surface area contributed by atoms with Crippen LogP contribution in [0.25, 0.3) is 0 Å². The van der Waals surface area contributed by atoms with E-state index >= 15 is 0 Å². The Balaban J connectivity index is 1.26. The summed E-state index contributed by atoms with van der Waals surface area (Å²) in [4.78, 5) is 28.8. The highest BCUT2D eigenvalue weighted by molar-refractivity contribution is 5.94. The lowest BCUT2D eigenvalue weighted by Crippen LogP contribution is -2.45. The minimum absolute atomic E-state index is 0.111. The quantitative estimate of drug-likeness (QED) is 0.781. The van der Waals surface area contributed by atoms with Crippen molar-refractivity contribution in [3.05, 3.63) is 29.8 Å². The van der Waals surface area contributed by atoms with Gasteiger partial charge in [-0.3, -0.25) is 9.59 Å². The van der Waals surface area contributed by atoms with E-state index < -0.39 is 0 Å². The molecule has 3 saturated heterocycles. The number of nitrogens with zero attached hydrogens (tertiary/aromatic N) is 2. The second kappa shape index (κ2) is 8.95. The smallest absolute Gasteiger partial charge is 0.253 e. The molecule has 2 atom stereocenters. The number of benzene rings is 1. The summed E-state index contributed by atoms with van der Waals surface area (Å²) in [6.45, 7) is 4.58. The van der Waals surface area contributed by atoms with E-state index in [-0.39, 0.29) is 17.9 Å². The van der Waals surface area contributed by atoms with Crippen molar-refractivity contribution in [3.8, 4) is 5.75 Å². The van der Waals surface area contributed by atoms with Crippen molar-refractivity contribution >= 4 is 11.8 Å². The minimum Gasteiger partial charge on any atom is -0.493 e. The normalized spacial score (nSPS) is 25.1. The van der Waals surface area contributed by atoms with Crippen molar-refractivity contribution < 1.29 is 19.1 Å². The van der Waals surface area contributed by atoms with E-state index in [2.05, 4.69) is 0 Å². The van der Waals surface area contributed by atoms with E-state index in [1.807, 2.05) is 34.1 Å². The zero-order chi connectivity index (χ0) is 19.3. The van der Waals surface area contributed by atoms with Crippen molar-refractivity contribution in [1.82, 2.24) is 9.80 Å². The summed E-state index contributed by atoms with van der Waals surface area (Å²) in [6.07, 6.45) is 5.87. The fourth-order valence-corrected chi connectivity index (χ4v) is 4.39. The molecule has 6 nitrogen and oxygen atoms in total. The molecule has 0 aliphatic carbocycles. The molecular weight excluding hydrogens is 356 g/mol. The van der Waals surface area contributed by atoms with Gasteiger partial charge in [-0.25, -0.2) is 0 Å². The van der Waals surface area contributed by atoms with Crippen LogP contribution >= 0.6 is 0 Å². The molecule has 3 heterocycles. The van der Waals surface area contributed by atoms with Gasteiger partial charge in [-0.15, -0.1) is 0 Å². The number of piperidine rings is 1. The Morgan fingerprint density at radius 3 is 2.43 bits per heavy atom. The molecule has 2 amide bonds. The fourth-order valence-electron chi connectivity index (χ4n) is 4.39. The molecule has 4 rings (SSSR count). The summed E-state index contributed by atoms with van der Waals surface area (Å²) in [5, 5.41) is 0. The standard InChI is InChI=1S/C22H30N2O4/c25-21(23-11-1-2-12-23)18-7-9-19(10-8-18)28-16-17-5-3-13-24(15-17)22(26)20-6-4-14-27-20/h7-10,17,20H,1-6,11-16H2/t17-,20+/m1/s1. The third-order valence-electron chi connectivity index (χ3n) is 6.02. The molecule has 152 valence electrons. The molecule has 0 aromatic heterocycles. The molecule has 3 aliphatic heterocycles. The minimum atomic E-state index is -0.236. The zero-order valence-corrected chi connectivity index (χ0v) is 16.5. The van der Waals surface area contributed by atoms with E-state index in [0.29, 0.717) is 19.1 Å². The van der Waals surface area contributed by atoms with Gasteiger partial charge in [0.25, 0.3) is 11.8 Å². The van der Waals surface area contributed by atoms with Gasteiger partial charge in [-0.05, 0) is 62.8 Å². The fraction of sp³-hybridized carbons (Fsp3) is 0.636. The number of amides is 2. The molecule has 1 aromatic carbocycles. The first-order valence-corrected chi connectivity index (χ1v) is 10.6. The Hall–Kier alpha value is -2.08. The Morgan fingerprint density at radius 2 is 1.71 bits per heavy atom. The summed E-state index contributed by atoms with van der Waals surface area (Å²) in [6, 6.07) is 7.46. The number of hydrogen-bond acceptors (Lipinski definition) is 4. The lowest BCUT2D eigenvalue weighted by molar-refractivity contribution is -0.143. The first kappa shape index (κ1) is 19.2. The molecule has 0 unspecified atom stereocenters. The number of likely N-dealkylation sites (tertiary alicyclic amines) is 2. The molecular formula is C22H30N2O4. The Morgan fingerprint density at radius 1 is 0.964 bits per heavy atom. The largest absolute Gasteiger partial charge is 0.493 e. The predicted octanol–water partition coefficient (Wildman–Crippen LogP) is 2.72. The molecule has 28 heavy (non-hydrogen) atoms. The summed E-state index contributed by atoms with van der Waals surface area (Å²) < 4.78 is 11.5. The number of carbonyl (C=O) groups is 2. The van der Waals surface area contributed by atoms with Gasteiger partial charge in [0.15, 0.2) is 0 Å². The van der Waals surface area contributed by atoms with Crippen molar-refractivity contribution in [2.24, 2.45) is 5.92 Å². The average molecular weight is 386 g/mol. The van der Waals surface area contributed by atoms with Gasteiger partial charge in [-0.2, -0.15) is 0 Å². The molecule has 1 aromatic rings. The van der Waals surface area contributed by atoms with Crippen LogP contribution in [0.5, 0.6) is 5.75 Å². The van der Waals surface area contributed by atoms with E-state index in [4.69, 9.17) is 9.47 Å². The van der Waals surface area contributed by atoms with Crippen LogP contribution in [-0.2, 0) is 9.53 Å². The van der Waals surface area contributed by atoms with E-state index in [1.54, 1.807) is 0 Å². The summed E-state index contributed by atoms with van der Waals surface area (Å²) in [5.74, 6) is 1.37. The maximum absolute atomic E-state index is 12.6. The Labute approximate surface area is 166 Å². The zero-order valence-electron chi connectivity index (χ0n) is 16.5. The van der Waals surface area contributed by atoms with E-state index in [9.17, 15) is 9.59 Å². The number of hydrogen-bond donors (Lipinski definition) is 0. The molecule has 0 spiro atoms. The van der Waals surface area contributed by atoms with Crippen LogP contribution in [-0.4, -0.2) is 67.1 Å². The molecule has 6 heteroatoms. The van der Waals surface area contributed by atoms with Crippen LogP contribution in [0.3, 0.4) is 0 Å². The maximum atomic E-state index is 12.6. The lowest BCUT2D eigenvalue weighted by atomic mass is 9.98. The van der Waals surface area contributed by atoms with Crippen LogP contribution in [0.2, 0.25) is 0 Å². The number of rotatable bonds is 5. The molecule has 3 fully saturated rings. The van der Waals surface area contributed by atoms with Crippen molar-refractivity contribution in [3.63, 3.8) is 0 Å². The Bertz CT molecular complexity index is 678. The third-order valence-corrected chi connectivity index (χ3v) is 6.02. The van der Waals surface area contributed by atoms with Crippen LogP contribution in [0, 0.1) is 5.92 Å². The van der Waals surface area contributed by atoms with Crippen LogP contribution < -0.4 is 4.74 Å². The molecule has 0 bridgehead atoms. The summed E-state index contributed by atoms with van der Waals surface area (Å²) >= 11 is 0. The van der Waals surface area contributed by atoms with Gasteiger partial charge < -0.3 is 19.3 Å². The topological polar surface area (TPSA) is 59.1 Å². The maximum Gasteiger partial charge on any atom is 0.253 e. The highest BCUT2D eigenvalue weighted by Gasteiger charge is 2.31. The summed E-state index contributed by atoms with van der Waals surface area (Å²) in [5.41, 5.74) is 0.722. The van der Waals surface area contributed by atoms with Gasteiger partial charge >= 0.3 is 0 Å². The molecule has 0 N–H and O–H groups in total. The number of carbonyl (C=O) groups excluding carboxylic acids is 2. The first-order chi connectivity index (χ1) is 13.7. The second-order valence-electron chi connectivity index (χ2n) is 8.13. The van der Waals surface area contributed by atoms with Crippen LogP contribution in [0.1, 0.15) is 48.9 Å². The third kappa shape index (κ3) is 4.49. The van der Waals surface area contributed by atoms with Gasteiger partial charge in [-0.1, -0.05) is 0 Å². The highest BCUT2D eigenvalue weighted by Crippen LogP contribution is 2.23. The predicted molar refractivity (Wildman–Crippen MR) is 105 cm³/mol. The number of ether oxygens (including phenoxy) is 2. The van der Waals surface area contributed by atoms with E-state index in [0.717, 1.165) is 76.0 Å². The van der Waals surface area contributed by atoms with Crippen molar-refractivity contribution in [2.75, 3.05) is 39.4 Å². The van der Waals surface area contributed by atoms with Crippen LogP contribution in [0.15, 0.2) is 24.3 Å². The average Bonchev–Trinajstić information content (AvgIpc) is 3.46. The SMILES string of the molecule is O=C(c1ccc(OC[C@@H]2CCCN(C(=O)[C@@H]3CCCO3)C2)cc1)N1CCCC1. The van der Waals surface area contributed by atoms with Gasteiger partial charge in [0.2, 0.25) is 0 Å². The molecule has 3 aliphatic rings. The van der Waals surface area contributed by atoms with Crippen LogP contribution in [0.4, 0.5) is 0 Å². The Kier molecular flexibility index (Phi) is 6.15. The monoisotopic (exact) mass is 386 g/mol. The second-order valence-corrected chi connectivity index (χ2v) is 8.13. The van der Waals surface area contributed by atoms with Crippen molar-refractivity contribution in [1.29, 1.82) is 0 Å². The van der Waals surface area contributed by atoms with Gasteiger partial charge in [0, 0.05) is 44.3 Å². The van der Waals surface area contributed by atoms with Gasteiger partial charge in [0.1, 0.15) is 11.9 Å². The lowest BCUT2D eigenvalue weighted by Gasteiger charge is -2.34. The molecule has 0 radical (unpaired) electrons. The van der Waals surface area contributed by atoms with Gasteiger partial charge in [0.05, 0.1) is 6.61 Å². The van der Waals surface area contributed by atoms with Crippen molar-refractivity contribution in [2.45, 2.75) is 44.6 Å². The summed E-state index contributed by atoms with van der Waals surface area (Å²) in [7, 11) is 0. The van der Waals surface area contributed by atoms with E-state index in [1.165, 1.54) is 0 Å². The highest BCUT2D eigenvalue weighted by atomic mass is 16.5. The molecule has 0 saturated carbocycles. The first-order valence-electron chi connectivity index (χ1n) is 10.6.